The molecule has 2 atom stereocenters. The predicted octanol–water partition coefficient (Wildman–Crippen LogP) is 1.26. The first-order valence-electron chi connectivity index (χ1n) is 8.56. The monoisotopic (exact) mass is 365 g/mol. The number of carbonyl (C=O) groups excluding carboxylic acids is 2. The van der Waals surface area contributed by atoms with Crippen LogP contribution in [0.3, 0.4) is 0 Å². The molecule has 142 valence electrons. The van der Waals surface area contributed by atoms with Gasteiger partial charge >= 0.3 is 5.97 Å². The van der Waals surface area contributed by atoms with Crippen LogP contribution in [-0.2, 0) is 14.3 Å². The largest absolute Gasteiger partial charge is 0.493 e. The van der Waals surface area contributed by atoms with E-state index >= 15 is 0 Å². The van der Waals surface area contributed by atoms with Gasteiger partial charge in [-0.1, -0.05) is 0 Å². The maximum absolute atomic E-state index is 12.3. The molecule has 1 saturated heterocycles. The van der Waals surface area contributed by atoms with Crippen molar-refractivity contribution in [1.82, 2.24) is 4.90 Å². The van der Waals surface area contributed by atoms with E-state index in [2.05, 4.69) is 0 Å². The first kappa shape index (κ1) is 18.3. The van der Waals surface area contributed by atoms with Crippen LogP contribution < -0.4 is 14.2 Å². The van der Waals surface area contributed by atoms with E-state index in [1.165, 1.54) is 19.2 Å². The Labute approximate surface area is 151 Å². The highest BCUT2D eigenvalue weighted by Gasteiger charge is 2.27. The Bertz CT molecular complexity index is 663. The molecule has 2 heterocycles. The maximum atomic E-state index is 12.3. The number of ether oxygens (including phenoxy) is 5. The van der Waals surface area contributed by atoms with Crippen molar-refractivity contribution < 1.29 is 33.3 Å². The highest BCUT2D eigenvalue weighted by Crippen LogP contribution is 2.40. The third kappa shape index (κ3) is 4.01. The van der Waals surface area contributed by atoms with Crippen LogP contribution in [0.1, 0.15) is 24.2 Å². The normalized spacial score (nSPS) is 21.9. The van der Waals surface area contributed by atoms with Crippen molar-refractivity contribution in [3.8, 4) is 17.2 Å². The smallest absolute Gasteiger partial charge is 0.338 e. The van der Waals surface area contributed by atoms with Crippen LogP contribution in [-0.4, -0.2) is 69.0 Å². The highest BCUT2D eigenvalue weighted by atomic mass is 16.6. The number of amides is 1. The number of nitrogens with zero attached hydrogens (tertiary/aromatic N) is 1. The molecule has 0 bridgehead atoms. The number of fused-ring (bicyclic) bond motifs is 1. The van der Waals surface area contributed by atoms with Gasteiger partial charge in [0.15, 0.2) is 18.1 Å². The van der Waals surface area contributed by atoms with E-state index in [0.29, 0.717) is 43.6 Å². The van der Waals surface area contributed by atoms with Crippen LogP contribution in [0.15, 0.2) is 12.1 Å². The Morgan fingerprint density at radius 3 is 2.54 bits per heavy atom. The van der Waals surface area contributed by atoms with Crippen LogP contribution in [0.2, 0.25) is 0 Å². The molecule has 0 aromatic heterocycles. The van der Waals surface area contributed by atoms with Crippen LogP contribution in [0, 0.1) is 0 Å². The Morgan fingerprint density at radius 2 is 1.85 bits per heavy atom. The van der Waals surface area contributed by atoms with Gasteiger partial charge in [0.05, 0.1) is 24.9 Å². The number of rotatable bonds is 4. The molecule has 0 N–H and O–H groups in total. The summed E-state index contributed by atoms with van der Waals surface area (Å²) < 4.78 is 27.0. The summed E-state index contributed by atoms with van der Waals surface area (Å²) in [7, 11) is 1.48. The van der Waals surface area contributed by atoms with Gasteiger partial charge in [0, 0.05) is 13.1 Å². The van der Waals surface area contributed by atoms with Gasteiger partial charge in [-0.15, -0.1) is 0 Å². The van der Waals surface area contributed by atoms with Gasteiger partial charge in [-0.3, -0.25) is 4.79 Å². The quantitative estimate of drug-likeness (QED) is 0.743. The standard InChI is InChI=1S/C18H23NO7/c1-11-8-19(9-12(2)26-11)16(20)10-25-18(21)13-6-14(22-3)17-15(7-13)23-4-5-24-17/h6-7,11-12H,4-5,8-10H2,1-3H3/t11-,12-/m1/s1. The lowest BCUT2D eigenvalue weighted by Crippen LogP contribution is -2.49. The van der Waals surface area contributed by atoms with Crippen molar-refractivity contribution >= 4 is 11.9 Å². The molecule has 0 unspecified atom stereocenters. The number of esters is 1. The molecule has 0 aliphatic carbocycles. The van der Waals surface area contributed by atoms with Gasteiger partial charge in [-0.05, 0) is 26.0 Å². The number of carbonyl (C=O) groups is 2. The van der Waals surface area contributed by atoms with Crippen LogP contribution in [0.4, 0.5) is 0 Å². The van der Waals surface area contributed by atoms with Crippen molar-refractivity contribution in [2.75, 3.05) is 40.0 Å². The minimum absolute atomic E-state index is 0.0412. The van der Waals surface area contributed by atoms with Crippen molar-refractivity contribution in [1.29, 1.82) is 0 Å². The molecule has 1 amide bonds. The van der Waals surface area contributed by atoms with E-state index in [9.17, 15) is 9.59 Å². The van der Waals surface area contributed by atoms with E-state index < -0.39 is 5.97 Å². The summed E-state index contributed by atoms with van der Waals surface area (Å²) >= 11 is 0. The molecule has 2 aliphatic heterocycles. The zero-order valence-corrected chi connectivity index (χ0v) is 15.1. The molecule has 0 spiro atoms. The number of morpholine rings is 1. The van der Waals surface area contributed by atoms with Crippen molar-refractivity contribution in [3.05, 3.63) is 17.7 Å². The SMILES string of the molecule is COc1cc(C(=O)OCC(=O)N2C[C@@H](C)O[C@H](C)C2)cc2c1OCCO2. The lowest BCUT2D eigenvalue weighted by Gasteiger charge is -2.35. The highest BCUT2D eigenvalue weighted by molar-refractivity contribution is 5.92. The zero-order chi connectivity index (χ0) is 18.7. The number of hydrogen-bond acceptors (Lipinski definition) is 7. The third-order valence-electron chi connectivity index (χ3n) is 4.16. The Morgan fingerprint density at radius 1 is 1.15 bits per heavy atom. The summed E-state index contributed by atoms with van der Waals surface area (Å²) in [6, 6.07) is 3.04. The van der Waals surface area contributed by atoms with Crippen LogP contribution in [0.25, 0.3) is 0 Å². The zero-order valence-electron chi connectivity index (χ0n) is 15.1. The molecule has 2 aliphatic rings. The van der Waals surface area contributed by atoms with Crippen LogP contribution in [0.5, 0.6) is 17.2 Å². The molecule has 0 saturated carbocycles. The van der Waals surface area contributed by atoms with Crippen LogP contribution >= 0.6 is 0 Å². The Balaban J connectivity index is 1.64. The van der Waals surface area contributed by atoms with Crippen molar-refractivity contribution in [2.45, 2.75) is 26.1 Å². The molecule has 0 radical (unpaired) electrons. The Kier molecular flexibility index (Phi) is 5.51. The molecule has 1 aromatic rings. The average molecular weight is 365 g/mol. The van der Waals surface area contributed by atoms with Gasteiger partial charge in [-0.2, -0.15) is 0 Å². The Hall–Kier alpha value is -2.48. The summed E-state index contributed by atoms with van der Waals surface area (Å²) in [4.78, 5) is 26.3. The molecular weight excluding hydrogens is 342 g/mol. The summed E-state index contributed by atoms with van der Waals surface area (Å²) in [5.74, 6) is 0.400. The second kappa shape index (κ2) is 7.82. The van der Waals surface area contributed by atoms with E-state index in [4.69, 9.17) is 23.7 Å². The fourth-order valence-electron chi connectivity index (χ4n) is 3.07. The summed E-state index contributed by atoms with van der Waals surface area (Å²) in [6.07, 6.45) is -0.0825. The number of benzene rings is 1. The summed E-state index contributed by atoms with van der Waals surface area (Å²) in [5, 5.41) is 0. The first-order valence-corrected chi connectivity index (χ1v) is 8.56. The molecule has 8 heteroatoms. The molecule has 1 aromatic carbocycles. The minimum Gasteiger partial charge on any atom is -0.493 e. The van der Waals surface area contributed by atoms with Gasteiger partial charge < -0.3 is 28.6 Å². The van der Waals surface area contributed by atoms with E-state index in [0.717, 1.165) is 0 Å². The minimum atomic E-state index is -0.622. The fourth-order valence-corrected chi connectivity index (χ4v) is 3.07. The second-order valence-electron chi connectivity index (χ2n) is 6.33. The molecular formula is C18H23NO7. The van der Waals surface area contributed by atoms with Gasteiger partial charge in [-0.25, -0.2) is 4.79 Å². The topological polar surface area (TPSA) is 83.5 Å². The third-order valence-corrected chi connectivity index (χ3v) is 4.16. The lowest BCUT2D eigenvalue weighted by molar-refractivity contribution is -0.146. The lowest BCUT2D eigenvalue weighted by atomic mass is 10.1. The average Bonchev–Trinajstić information content (AvgIpc) is 2.64. The predicted molar refractivity (Wildman–Crippen MR) is 90.9 cm³/mol. The number of methoxy groups -OCH3 is 1. The van der Waals surface area contributed by atoms with E-state index in [1.807, 2.05) is 13.8 Å². The summed E-state index contributed by atoms with van der Waals surface area (Å²) in [5.41, 5.74) is 0.239. The van der Waals surface area contributed by atoms with E-state index in [1.54, 1.807) is 4.90 Å². The van der Waals surface area contributed by atoms with Crippen molar-refractivity contribution in [2.24, 2.45) is 0 Å². The summed E-state index contributed by atoms with van der Waals surface area (Å²) in [6.45, 7) is 5.26. The van der Waals surface area contributed by atoms with E-state index in [-0.39, 0.29) is 30.3 Å². The molecule has 1 fully saturated rings. The molecule has 3 rings (SSSR count). The number of hydrogen-bond donors (Lipinski definition) is 0. The first-order chi connectivity index (χ1) is 12.5. The van der Waals surface area contributed by atoms with Gasteiger partial charge in [0.2, 0.25) is 5.75 Å². The second-order valence-corrected chi connectivity index (χ2v) is 6.33. The van der Waals surface area contributed by atoms with Gasteiger partial charge in [0.25, 0.3) is 5.91 Å². The van der Waals surface area contributed by atoms with Crippen molar-refractivity contribution in [3.63, 3.8) is 0 Å². The maximum Gasteiger partial charge on any atom is 0.338 e. The van der Waals surface area contributed by atoms with Gasteiger partial charge in [0.1, 0.15) is 13.2 Å². The molecule has 8 nitrogen and oxygen atoms in total. The molecule has 26 heavy (non-hydrogen) atoms. The fraction of sp³-hybridized carbons (Fsp3) is 0.556.